The number of rotatable bonds is 3. The molecular weight excluding hydrogens is 240 g/mol. The smallest absolute Gasteiger partial charge is 0.253 e. The number of amides is 1. The lowest BCUT2D eigenvalue weighted by Crippen LogP contribution is -2.27. The normalized spacial score (nSPS) is 21.2. The van der Waals surface area contributed by atoms with Gasteiger partial charge in [-0.05, 0) is 17.7 Å². The molecule has 4 N–H and O–H groups in total. The number of nitrogens with zero attached hydrogens (tertiary/aromatic N) is 1. The van der Waals surface area contributed by atoms with Crippen LogP contribution in [-0.2, 0) is 0 Å². The third-order valence-electron chi connectivity index (χ3n) is 3.60. The average molecular weight is 256 g/mol. The van der Waals surface area contributed by atoms with Crippen LogP contribution in [0.15, 0.2) is 30.5 Å². The summed E-state index contributed by atoms with van der Waals surface area (Å²) in [5, 5.41) is 4.73. The monoisotopic (exact) mass is 256 g/mol. The van der Waals surface area contributed by atoms with Crippen LogP contribution in [0.1, 0.15) is 23.7 Å². The van der Waals surface area contributed by atoms with Crippen LogP contribution in [0.3, 0.4) is 0 Å². The maximum atomic E-state index is 12.3. The van der Waals surface area contributed by atoms with Crippen molar-refractivity contribution in [1.29, 1.82) is 0 Å². The molecule has 1 fully saturated rings. The zero-order chi connectivity index (χ0) is 13.4. The van der Waals surface area contributed by atoms with Crippen LogP contribution in [0.4, 0.5) is 5.82 Å². The molecule has 1 saturated carbocycles. The fraction of sp³-hybridized carbons (Fsp3) is 0.286. The van der Waals surface area contributed by atoms with Crippen molar-refractivity contribution in [3.05, 3.63) is 36.0 Å². The van der Waals surface area contributed by atoms with Crippen molar-refractivity contribution in [2.75, 3.05) is 5.43 Å². The summed E-state index contributed by atoms with van der Waals surface area (Å²) in [5.74, 6) is 6.52. The lowest BCUT2D eigenvalue weighted by atomic mass is 10.1. The summed E-state index contributed by atoms with van der Waals surface area (Å²) >= 11 is 0. The van der Waals surface area contributed by atoms with Gasteiger partial charge in [-0.2, -0.15) is 0 Å². The molecule has 0 bridgehead atoms. The molecule has 1 aromatic heterocycles. The molecule has 1 aliphatic rings. The highest BCUT2D eigenvalue weighted by Gasteiger charge is 2.34. The van der Waals surface area contributed by atoms with Gasteiger partial charge in [0.25, 0.3) is 5.91 Å². The van der Waals surface area contributed by atoms with E-state index < -0.39 is 0 Å². The third kappa shape index (κ3) is 2.13. The molecule has 5 nitrogen and oxygen atoms in total. The molecular formula is C14H16N4O. The molecule has 0 spiro atoms. The van der Waals surface area contributed by atoms with Gasteiger partial charge in [0.1, 0.15) is 5.82 Å². The summed E-state index contributed by atoms with van der Waals surface area (Å²) in [5.41, 5.74) is 3.14. The molecule has 1 heterocycles. The lowest BCUT2D eigenvalue weighted by Gasteiger charge is -2.10. The Kier molecular flexibility index (Phi) is 2.83. The van der Waals surface area contributed by atoms with Crippen LogP contribution < -0.4 is 16.6 Å². The first kappa shape index (κ1) is 11.9. The van der Waals surface area contributed by atoms with E-state index in [0.717, 1.165) is 17.2 Å². The van der Waals surface area contributed by atoms with Gasteiger partial charge in [0.05, 0.1) is 5.56 Å². The number of nitrogens with one attached hydrogen (secondary N) is 2. The van der Waals surface area contributed by atoms with E-state index in [2.05, 4.69) is 22.7 Å². The Labute approximate surface area is 111 Å². The van der Waals surface area contributed by atoms with Crippen molar-refractivity contribution in [1.82, 2.24) is 10.3 Å². The van der Waals surface area contributed by atoms with Crippen molar-refractivity contribution in [3.8, 4) is 0 Å². The van der Waals surface area contributed by atoms with Gasteiger partial charge < -0.3 is 10.7 Å². The Morgan fingerprint density at radius 1 is 1.37 bits per heavy atom. The largest absolute Gasteiger partial charge is 0.349 e. The number of aromatic nitrogens is 1. The second-order valence-corrected chi connectivity index (χ2v) is 5.00. The molecule has 19 heavy (non-hydrogen) atoms. The van der Waals surface area contributed by atoms with E-state index in [0.29, 0.717) is 23.3 Å². The summed E-state index contributed by atoms with van der Waals surface area (Å²) in [4.78, 5) is 16.4. The Balaban J connectivity index is 2.01. The number of fused-ring (bicyclic) bond motifs is 1. The molecule has 98 valence electrons. The topological polar surface area (TPSA) is 80.0 Å². The number of hydrazine groups is 1. The van der Waals surface area contributed by atoms with E-state index >= 15 is 0 Å². The predicted molar refractivity (Wildman–Crippen MR) is 74.6 cm³/mol. The van der Waals surface area contributed by atoms with Crippen LogP contribution >= 0.6 is 0 Å². The van der Waals surface area contributed by atoms with Crippen LogP contribution in [0.5, 0.6) is 0 Å². The second-order valence-electron chi connectivity index (χ2n) is 5.00. The number of benzene rings is 1. The van der Waals surface area contributed by atoms with Crippen molar-refractivity contribution < 1.29 is 4.79 Å². The first-order chi connectivity index (χ1) is 9.20. The van der Waals surface area contributed by atoms with Crippen LogP contribution in [-0.4, -0.2) is 16.9 Å². The Morgan fingerprint density at radius 2 is 2.05 bits per heavy atom. The number of nitrogens with two attached hydrogens (primary N) is 1. The molecule has 5 heteroatoms. The fourth-order valence-corrected chi connectivity index (χ4v) is 2.26. The molecule has 0 radical (unpaired) electrons. The van der Waals surface area contributed by atoms with Gasteiger partial charge in [-0.15, -0.1) is 0 Å². The standard InChI is InChI=1S/C14H16N4O/c1-8-6-12(8)17-14(19)11-7-16-13(18-15)10-5-3-2-4-9(10)11/h2-5,7-8,12H,6,15H2,1H3,(H,16,18)(H,17,19). The van der Waals surface area contributed by atoms with Gasteiger partial charge in [-0.25, -0.2) is 10.8 Å². The Hall–Kier alpha value is -2.14. The van der Waals surface area contributed by atoms with E-state index in [1.807, 2.05) is 24.3 Å². The molecule has 2 atom stereocenters. The number of pyridine rings is 1. The third-order valence-corrected chi connectivity index (χ3v) is 3.60. The highest BCUT2D eigenvalue weighted by atomic mass is 16.1. The SMILES string of the molecule is CC1CC1NC(=O)c1cnc(NN)c2ccccc12. The van der Waals surface area contributed by atoms with Crippen molar-refractivity contribution in [2.24, 2.45) is 11.8 Å². The number of hydrogen-bond acceptors (Lipinski definition) is 4. The van der Waals surface area contributed by atoms with Gasteiger partial charge in [-0.3, -0.25) is 4.79 Å². The van der Waals surface area contributed by atoms with Crippen LogP contribution in [0.2, 0.25) is 0 Å². The van der Waals surface area contributed by atoms with Gasteiger partial charge in [0.2, 0.25) is 0 Å². The lowest BCUT2D eigenvalue weighted by molar-refractivity contribution is 0.0950. The Morgan fingerprint density at radius 3 is 2.68 bits per heavy atom. The molecule has 1 amide bonds. The second kappa shape index (κ2) is 4.51. The molecule has 2 unspecified atom stereocenters. The van der Waals surface area contributed by atoms with E-state index in [9.17, 15) is 4.79 Å². The van der Waals surface area contributed by atoms with Crippen molar-refractivity contribution >= 4 is 22.5 Å². The number of anilines is 1. The minimum absolute atomic E-state index is 0.0679. The first-order valence-electron chi connectivity index (χ1n) is 6.36. The molecule has 1 aromatic carbocycles. The van der Waals surface area contributed by atoms with Gasteiger partial charge >= 0.3 is 0 Å². The summed E-state index contributed by atoms with van der Waals surface area (Å²) in [6.45, 7) is 2.13. The first-order valence-corrected chi connectivity index (χ1v) is 6.36. The molecule has 0 aliphatic heterocycles. The fourth-order valence-electron chi connectivity index (χ4n) is 2.26. The van der Waals surface area contributed by atoms with Crippen LogP contribution in [0, 0.1) is 5.92 Å². The summed E-state index contributed by atoms with van der Waals surface area (Å²) in [6, 6.07) is 7.91. The van der Waals surface area contributed by atoms with E-state index in [4.69, 9.17) is 5.84 Å². The highest BCUT2D eigenvalue weighted by Crippen LogP contribution is 2.30. The zero-order valence-electron chi connectivity index (χ0n) is 10.7. The highest BCUT2D eigenvalue weighted by molar-refractivity contribution is 6.09. The quantitative estimate of drug-likeness (QED) is 0.576. The maximum Gasteiger partial charge on any atom is 0.253 e. The van der Waals surface area contributed by atoms with Crippen LogP contribution in [0.25, 0.3) is 10.8 Å². The number of hydrogen-bond donors (Lipinski definition) is 3. The molecule has 1 aliphatic carbocycles. The number of carbonyl (C=O) groups is 1. The number of nitrogen functional groups attached to an aromatic ring is 1. The molecule has 2 aromatic rings. The summed E-state index contributed by atoms with van der Waals surface area (Å²) in [7, 11) is 0. The average Bonchev–Trinajstić information content (AvgIpc) is 3.12. The van der Waals surface area contributed by atoms with E-state index in [1.165, 1.54) is 0 Å². The minimum atomic E-state index is -0.0679. The molecule has 3 rings (SSSR count). The van der Waals surface area contributed by atoms with Gasteiger partial charge in [0, 0.05) is 17.6 Å². The summed E-state index contributed by atoms with van der Waals surface area (Å²) in [6.07, 6.45) is 2.62. The van der Waals surface area contributed by atoms with Gasteiger partial charge in [-0.1, -0.05) is 31.2 Å². The summed E-state index contributed by atoms with van der Waals surface area (Å²) < 4.78 is 0. The maximum absolute atomic E-state index is 12.3. The zero-order valence-corrected chi connectivity index (χ0v) is 10.7. The predicted octanol–water partition coefficient (Wildman–Crippen LogP) is 1.66. The Bertz CT molecular complexity index is 640. The number of carbonyl (C=O) groups excluding carboxylic acids is 1. The van der Waals surface area contributed by atoms with E-state index in [1.54, 1.807) is 6.20 Å². The van der Waals surface area contributed by atoms with E-state index in [-0.39, 0.29) is 5.91 Å². The van der Waals surface area contributed by atoms with Gasteiger partial charge in [0.15, 0.2) is 0 Å². The van der Waals surface area contributed by atoms with Crippen molar-refractivity contribution in [2.45, 2.75) is 19.4 Å². The molecule has 0 saturated heterocycles. The van der Waals surface area contributed by atoms with Crippen molar-refractivity contribution in [3.63, 3.8) is 0 Å². The minimum Gasteiger partial charge on any atom is -0.349 e.